The van der Waals surface area contributed by atoms with Gasteiger partial charge in [0.2, 0.25) is 15.9 Å². The highest BCUT2D eigenvalue weighted by Gasteiger charge is 2.27. The first-order valence-corrected chi connectivity index (χ1v) is 8.80. The van der Waals surface area contributed by atoms with Crippen LogP contribution in [-0.4, -0.2) is 69.0 Å². The van der Waals surface area contributed by atoms with Crippen LogP contribution in [0.4, 0.5) is 4.79 Å². The van der Waals surface area contributed by atoms with Crippen LogP contribution < -0.4 is 11.1 Å². The molecule has 0 aromatic heterocycles. The Balaban J connectivity index is 2.29. The van der Waals surface area contributed by atoms with Crippen LogP contribution in [0, 0.1) is 5.92 Å². The Morgan fingerprint density at radius 3 is 2.67 bits per heavy atom. The lowest BCUT2D eigenvalue weighted by Crippen LogP contribution is -2.47. The van der Waals surface area contributed by atoms with Gasteiger partial charge in [0.25, 0.3) is 0 Å². The van der Waals surface area contributed by atoms with Crippen LogP contribution in [0.1, 0.15) is 19.3 Å². The molecule has 1 aliphatic rings. The van der Waals surface area contributed by atoms with Crippen LogP contribution >= 0.6 is 0 Å². The maximum absolute atomic E-state index is 12.0. The minimum Gasteiger partial charge on any atom is -0.356 e. The highest BCUT2D eigenvalue weighted by atomic mass is 32.2. The number of sulfonamides is 1. The molecule has 0 aromatic rings. The third-order valence-corrected chi connectivity index (χ3v) is 4.93. The second-order valence-corrected chi connectivity index (χ2v) is 7.44. The molecule has 1 saturated heterocycles. The molecule has 9 heteroatoms. The monoisotopic (exact) mass is 320 g/mol. The molecular formula is C12H24N4O4S. The van der Waals surface area contributed by atoms with Gasteiger partial charge in [0.1, 0.15) is 0 Å². The molecule has 3 N–H and O–H groups in total. The molecular weight excluding hydrogens is 296 g/mol. The van der Waals surface area contributed by atoms with Gasteiger partial charge in [-0.05, 0) is 19.3 Å². The Bertz CT molecular complexity index is 480. The van der Waals surface area contributed by atoms with Crippen LogP contribution in [0.3, 0.4) is 0 Å². The number of nitrogens with zero attached hydrogens (tertiary/aromatic N) is 2. The van der Waals surface area contributed by atoms with Crippen molar-refractivity contribution in [3.8, 4) is 0 Å². The van der Waals surface area contributed by atoms with Crippen molar-refractivity contribution in [2.45, 2.75) is 19.3 Å². The molecule has 1 rings (SSSR count). The largest absolute Gasteiger partial charge is 0.356 e. The van der Waals surface area contributed by atoms with Gasteiger partial charge in [-0.1, -0.05) is 0 Å². The smallest absolute Gasteiger partial charge is 0.314 e. The summed E-state index contributed by atoms with van der Waals surface area (Å²) in [4.78, 5) is 24.6. The van der Waals surface area contributed by atoms with E-state index in [-0.39, 0.29) is 11.8 Å². The van der Waals surface area contributed by atoms with Crippen LogP contribution in [0.2, 0.25) is 0 Å². The van der Waals surface area contributed by atoms with E-state index in [1.54, 1.807) is 0 Å². The average molecular weight is 320 g/mol. The molecule has 0 unspecified atom stereocenters. The van der Waals surface area contributed by atoms with Crippen LogP contribution in [0.25, 0.3) is 0 Å². The zero-order chi connectivity index (χ0) is 16.0. The Morgan fingerprint density at radius 2 is 2.10 bits per heavy atom. The highest BCUT2D eigenvalue weighted by molar-refractivity contribution is 7.88. The minimum atomic E-state index is -3.18. The predicted molar refractivity (Wildman–Crippen MR) is 79.0 cm³/mol. The van der Waals surface area contributed by atoms with Crippen molar-refractivity contribution in [2.75, 3.05) is 39.5 Å². The average Bonchev–Trinajstić information content (AvgIpc) is 2.42. The summed E-state index contributed by atoms with van der Waals surface area (Å²) in [6.07, 6.45) is 3.18. The molecule has 8 nitrogen and oxygen atoms in total. The van der Waals surface area contributed by atoms with E-state index in [1.165, 1.54) is 16.3 Å². The Morgan fingerprint density at radius 1 is 1.43 bits per heavy atom. The number of urea groups is 1. The third kappa shape index (κ3) is 5.88. The molecule has 122 valence electrons. The van der Waals surface area contributed by atoms with Gasteiger partial charge in [0.15, 0.2) is 0 Å². The second kappa shape index (κ2) is 7.60. The van der Waals surface area contributed by atoms with Crippen LogP contribution in [0.15, 0.2) is 0 Å². The normalized spacial score (nSPS) is 19.6. The molecule has 0 radical (unpaired) electrons. The SMILES string of the molecule is CN(CCCNC(=O)[C@@H]1CCCN(C(N)=O)C1)S(C)(=O)=O. The number of piperidine rings is 1. The van der Waals surface area contributed by atoms with Gasteiger partial charge < -0.3 is 16.0 Å². The topological polar surface area (TPSA) is 113 Å². The number of rotatable bonds is 6. The van der Waals surface area contributed by atoms with E-state index in [4.69, 9.17) is 5.73 Å². The summed E-state index contributed by atoms with van der Waals surface area (Å²) in [6.45, 7) is 1.71. The predicted octanol–water partition coefficient (Wildman–Crippen LogP) is -0.825. The van der Waals surface area contributed by atoms with Crippen molar-refractivity contribution in [2.24, 2.45) is 11.7 Å². The van der Waals surface area contributed by atoms with Gasteiger partial charge in [-0.3, -0.25) is 4.79 Å². The summed E-state index contributed by atoms with van der Waals surface area (Å²) in [6, 6.07) is -0.498. The van der Waals surface area contributed by atoms with E-state index in [9.17, 15) is 18.0 Å². The first-order valence-electron chi connectivity index (χ1n) is 6.95. The third-order valence-electron chi connectivity index (χ3n) is 3.62. The lowest BCUT2D eigenvalue weighted by Gasteiger charge is -2.30. The number of hydrogen-bond acceptors (Lipinski definition) is 4. The van der Waals surface area contributed by atoms with E-state index in [2.05, 4.69) is 5.32 Å². The lowest BCUT2D eigenvalue weighted by atomic mass is 9.97. The zero-order valence-corrected chi connectivity index (χ0v) is 13.4. The summed E-state index contributed by atoms with van der Waals surface area (Å²) >= 11 is 0. The van der Waals surface area contributed by atoms with Crippen LogP contribution in [0.5, 0.6) is 0 Å². The fraction of sp³-hybridized carbons (Fsp3) is 0.833. The highest BCUT2D eigenvalue weighted by Crippen LogP contribution is 2.16. The van der Waals surface area contributed by atoms with E-state index in [0.29, 0.717) is 32.6 Å². The maximum Gasteiger partial charge on any atom is 0.314 e. The molecule has 1 fully saturated rings. The zero-order valence-electron chi connectivity index (χ0n) is 12.5. The molecule has 21 heavy (non-hydrogen) atoms. The van der Waals surface area contributed by atoms with Crippen molar-refractivity contribution in [1.29, 1.82) is 0 Å². The van der Waals surface area contributed by atoms with E-state index >= 15 is 0 Å². The molecule has 3 amide bonds. The van der Waals surface area contributed by atoms with Crippen molar-refractivity contribution >= 4 is 22.0 Å². The summed E-state index contributed by atoms with van der Waals surface area (Å²) in [5.41, 5.74) is 5.22. The second-order valence-electron chi connectivity index (χ2n) is 5.35. The molecule has 0 aliphatic carbocycles. The molecule has 0 saturated carbocycles. The minimum absolute atomic E-state index is 0.108. The number of primary amides is 1. The molecule has 1 aliphatic heterocycles. The fourth-order valence-corrected chi connectivity index (χ4v) is 2.68. The maximum atomic E-state index is 12.0. The van der Waals surface area contributed by atoms with Gasteiger partial charge >= 0.3 is 6.03 Å². The van der Waals surface area contributed by atoms with Gasteiger partial charge in [-0.2, -0.15) is 0 Å². The quantitative estimate of drug-likeness (QED) is 0.622. The summed E-state index contributed by atoms with van der Waals surface area (Å²) in [5, 5.41) is 2.78. The van der Waals surface area contributed by atoms with Crippen LogP contribution in [-0.2, 0) is 14.8 Å². The number of hydrogen-bond donors (Lipinski definition) is 2. The summed E-state index contributed by atoms with van der Waals surface area (Å²) in [5.74, 6) is -0.346. The Hall–Kier alpha value is -1.35. The van der Waals surface area contributed by atoms with Crippen molar-refractivity contribution in [3.05, 3.63) is 0 Å². The summed E-state index contributed by atoms with van der Waals surface area (Å²) < 4.78 is 23.6. The van der Waals surface area contributed by atoms with Gasteiger partial charge in [0, 0.05) is 33.2 Å². The lowest BCUT2D eigenvalue weighted by molar-refractivity contribution is -0.126. The van der Waals surface area contributed by atoms with Gasteiger partial charge in [-0.15, -0.1) is 0 Å². The van der Waals surface area contributed by atoms with E-state index in [1.807, 2.05) is 0 Å². The first kappa shape index (κ1) is 17.7. The molecule has 1 atom stereocenters. The molecule has 0 aromatic carbocycles. The van der Waals surface area contributed by atoms with Gasteiger partial charge in [-0.25, -0.2) is 17.5 Å². The molecule has 0 bridgehead atoms. The number of carbonyl (C=O) groups excluding carboxylic acids is 2. The number of nitrogens with one attached hydrogen (secondary N) is 1. The molecule has 0 spiro atoms. The first-order chi connectivity index (χ1) is 9.71. The number of amides is 3. The Labute approximate surface area is 125 Å². The number of likely N-dealkylation sites (tertiary alicyclic amines) is 1. The van der Waals surface area contributed by atoms with Crippen molar-refractivity contribution in [1.82, 2.24) is 14.5 Å². The summed E-state index contributed by atoms with van der Waals surface area (Å²) in [7, 11) is -1.68. The van der Waals surface area contributed by atoms with E-state index < -0.39 is 16.1 Å². The standard InChI is InChI=1S/C12H24N4O4S/c1-15(21(2,19)20)7-4-6-14-11(17)10-5-3-8-16(9-10)12(13)18/h10H,3-9H2,1-2H3,(H2,13,18)(H,14,17)/t10-/m1/s1. The van der Waals surface area contributed by atoms with E-state index in [0.717, 1.165) is 19.1 Å². The van der Waals surface area contributed by atoms with Crippen molar-refractivity contribution in [3.63, 3.8) is 0 Å². The number of nitrogens with two attached hydrogens (primary N) is 1. The number of carbonyl (C=O) groups is 2. The molecule has 1 heterocycles. The Kier molecular flexibility index (Phi) is 6.41. The van der Waals surface area contributed by atoms with Gasteiger partial charge in [0.05, 0.1) is 12.2 Å². The fourth-order valence-electron chi connectivity index (χ4n) is 2.21. The van der Waals surface area contributed by atoms with Crippen molar-refractivity contribution < 1.29 is 18.0 Å².